The highest BCUT2D eigenvalue weighted by molar-refractivity contribution is 5.98. The molecule has 1 aromatic rings. The maximum atomic E-state index is 12.4. The minimum atomic E-state index is -0.553. The number of hydrogen-bond donors (Lipinski definition) is 3. The topological polar surface area (TPSA) is 84.2 Å². The van der Waals surface area contributed by atoms with Crippen molar-refractivity contribution in [2.24, 2.45) is 11.1 Å². The van der Waals surface area contributed by atoms with Gasteiger partial charge < -0.3 is 16.4 Å². The second-order valence-corrected chi connectivity index (χ2v) is 4.81. The van der Waals surface area contributed by atoms with Gasteiger partial charge in [0, 0.05) is 24.8 Å². The van der Waals surface area contributed by atoms with Crippen LogP contribution in [-0.4, -0.2) is 25.4 Å². The number of halogens is 1. The molecule has 0 spiro atoms. The number of anilines is 1. The third-order valence-corrected chi connectivity index (χ3v) is 3.84. The molecule has 0 saturated heterocycles. The average Bonchev–Trinajstić information content (AvgIpc) is 2.49. The predicted molar refractivity (Wildman–Crippen MR) is 87.8 cm³/mol. The van der Waals surface area contributed by atoms with Crippen molar-refractivity contribution in [3.8, 4) is 0 Å². The molecule has 0 atom stereocenters. The number of amides is 2. The van der Waals surface area contributed by atoms with Crippen LogP contribution < -0.4 is 16.4 Å². The predicted octanol–water partition coefficient (Wildman–Crippen LogP) is 2.17. The van der Waals surface area contributed by atoms with Gasteiger partial charge in [-0.05, 0) is 31.0 Å². The van der Waals surface area contributed by atoms with E-state index in [-0.39, 0.29) is 24.2 Å². The van der Waals surface area contributed by atoms with Crippen LogP contribution in [0.5, 0.6) is 0 Å². The summed E-state index contributed by atoms with van der Waals surface area (Å²) in [5, 5.41) is 5.41. The first kappa shape index (κ1) is 19.4. The lowest BCUT2D eigenvalue weighted by Crippen LogP contribution is -2.41. The molecular weight excluding hydrogens is 290 g/mol. The second-order valence-electron chi connectivity index (χ2n) is 4.81. The monoisotopic (exact) mass is 313 g/mol. The SMILES string of the molecule is CCC(CC)(CN)C(=O)Nc1cccc(C(=O)NC)c1.Cl. The van der Waals surface area contributed by atoms with Gasteiger partial charge in [0.25, 0.3) is 5.91 Å². The van der Waals surface area contributed by atoms with Crippen LogP contribution in [0, 0.1) is 5.41 Å². The molecule has 0 aliphatic carbocycles. The van der Waals surface area contributed by atoms with Gasteiger partial charge in [-0.25, -0.2) is 0 Å². The molecule has 4 N–H and O–H groups in total. The largest absolute Gasteiger partial charge is 0.355 e. The molecule has 0 saturated carbocycles. The minimum absolute atomic E-state index is 0. The average molecular weight is 314 g/mol. The Kier molecular flexibility index (Phi) is 7.99. The highest BCUT2D eigenvalue weighted by Crippen LogP contribution is 2.27. The van der Waals surface area contributed by atoms with Crippen molar-refractivity contribution in [2.75, 3.05) is 18.9 Å². The lowest BCUT2D eigenvalue weighted by molar-refractivity contribution is -0.125. The fraction of sp³-hybridized carbons (Fsp3) is 0.467. The summed E-state index contributed by atoms with van der Waals surface area (Å²) < 4.78 is 0. The Morgan fingerprint density at radius 3 is 2.33 bits per heavy atom. The Labute approximate surface area is 132 Å². The molecule has 6 heteroatoms. The smallest absolute Gasteiger partial charge is 0.251 e. The van der Waals surface area contributed by atoms with Gasteiger partial charge in [0.1, 0.15) is 0 Å². The first-order valence-corrected chi connectivity index (χ1v) is 6.86. The number of nitrogens with one attached hydrogen (secondary N) is 2. The third kappa shape index (κ3) is 4.44. The molecule has 1 aromatic carbocycles. The number of nitrogens with two attached hydrogens (primary N) is 1. The molecule has 118 valence electrons. The normalized spacial score (nSPS) is 10.5. The summed E-state index contributed by atoms with van der Waals surface area (Å²) >= 11 is 0. The van der Waals surface area contributed by atoms with E-state index in [0.29, 0.717) is 30.6 Å². The van der Waals surface area contributed by atoms with E-state index in [9.17, 15) is 9.59 Å². The molecule has 0 bridgehead atoms. The standard InChI is InChI=1S/C15H23N3O2.ClH/c1-4-15(5-2,10-16)14(20)18-12-8-6-7-11(9-12)13(19)17-3;/h6-9H,4-5,10,16H2,1-3H3,(H,17,19)(H,18,20);1H. The fourth-order valence-corrected chi connectivity index (χ4v) is 2.10. The summed E-state index contributed by atoms with van der Waals surface area (Å²) in [6.45, 7) is 4.22. The molecule has 0 fully saturated rings. The highest BCUT2D eigenvalue weighted by Gasteiger charge is 2.33. The zero-order valence-corrected chi connectivity index (χ0v) is 13.5. The van der Waals surface area contributed by atoms with E-state index in [0.717, 1.165) is 0 Å². The van der Waals surface area contributed by atoms with Gasteiger partial charge in [-0.3, -0.25) is 9.59 Å². The summed E-state index contributed by atoms with van der Waals surface area (Å²) in [4.78, 5) is 24.0. The lowest BCUT2D eigenvalue weighted by Gasteiger charge is -2.28. The molecular formula is C15H24ClN3O2. The number of benzene rings is 1. The number of carbonyl (C=O) groups excluding carboxylic acids is 2. The molecule has 0 aromatic heterocycles. The summed E-state index contributed by atoms with van der Waals surface area (Å²) in [7, 11) is 1.57. The lowest BCUT2D eigenvalue weighted by atomic mass is 9.81. The van der Waals surface area contributed by atoms with Gasteiger partial charge in [-0.2, -0.15) is 0 Å². The molecule has 0 aliphatic rings. The number of carbonyl (C=O) groups is 2. The van der Waals surface area contributed by atoms with Crippen molar-refractivity contribution in [1.29, 1.82) is 0 Å². The van der Waals surface area contributed by atoms with Crippen molar-refractivity contribution in [3.05, 3.63) is 29.8 Å². The van der Waals surface area contributed by atoms with E-state index in [1.807, 2.05) is 13.8 Å². The van der Waals surface area contributed by atoms with Gasteiger partial charge in [0.2, 0.25) is 5.91 Å². The third-order valence-electron chi connectivity index (χ3n) is 3.84. The van der Waals surface area contributed by atoms with Gasteiger partial charge >= 0.3 is 0 Å². The van der Waals surface area contributed by atoms with Crippen molar-refractivity contribution in [2.45, 2.75) is 26.7 Å². The van der Waals surface area contributed by atoms with Gasteiger partial charge in [-0.15, -0.1) is 12.4 Å². The molecule has 0 unspecified atom stereocenters. The molecule has 0 radical (unpaired) electrons. The number of hydrogen-bond acceptors (Lipinski definition) is 3. The number of rotatable bonds is 6. The van der Waals surface area contributed by atoms with Crippen molar-refractivity contribution >= 4 is 29.9 Å². The van der Waals surface area contributed by atoms with Crippen LogP contribution in [0.3, 0.4) is 0 Å². The van der Waals surface area contributed by atoms with Crippen molar-refractivity contribution in [1.82, 2.24) is 5.32 Å². The summed E-state index contributed by atoms with van der Waals surface area (Å²) in [5.41, 5.74) is 6.32. The Hall–Kier alpha value is -1.59. The van der Waals surface area contributed by atoms with E-state index in [1.54, 1.807) is 31.3 Å². The molecule has 2 amide bonds. The maximum absolute atomic E-state index is 12.4. The Balaban J connectivity index is 0.00000400. The molecule has 1 rings (SSSR count). The van der Waals surface area contributed by atoms with Crippen LogP contribution in [-0.2, 0) is 4.79 Å². The fourth-order valence-electron chi connectivity index (χ4n) is 2.10. The minimum Gasteiger partial charge on any atom is -0.355 e. The molecule has 5 nitrogen and oxygen atoms in total. The molecule has 21 heavy (non-hydrogen) atoms. The van der Waals surface area contributed by atoms with Crippen LogP contribution >= 0.6 is 12.4 Å². The Morgan fingerprint density at radius 2 is 1.86 bits per heavy atom. The van der Waals surface area contributed by atoms with E-state index in [2.05, 4.69) is 10.6 Å². The van der Waals surface area contributed by atoms with E-state index < -0.39 is 5.41 Å². The van der Waals surface area contributed by atoms with Gasteiger partial charge in [0.15, 0.2) is 0 Å². The van der Waals surface area contributed by atoms with Crippen LogP contribution in [0.2, 0.25) is 0 Å². The zero-order valence-electron chi connectivity index (χ0n) is 12.7. The van der Waals surface area contributed by atoms with Crippen molar-refractivity contribution in [3.63, 3.8) is 0 Å². The Bertz CT molecular complexity index is 479. The summed E-state index contributed by atoms with van der Waals surface area (Å²) in [6.07, 6.45) is 1.36. The maximum Gasteiger partial charge on any atom is 0.251 e. The van der Waals surface area contributed by atoms with Crippen LogP contribution in [0.15, 0.2) is 24.3 Å². The van der Waals surface area contributed by atoms with Crippen LogP contribution in [0.4, 0.5) is 5.69 Å². The highest BCUT2D eigenvalue weighted by atomic mass is 35.5. The Morgan fingerprint density at radius 1 is 1.24 bits per heavy atom. The van der Waals surface area contributed by atoms with E-state index in [1.165, 1.54) is 0 Å². The second kappa shape index (κ2) is 8.64. The van der Waals surface area contributed by atoms with E-state index >= 15 is 0 Å². The van der Waals surface area contributed by atoms with Gasteiger partial charge in [-0.1, -0.05) is 19.9 Å². The summed E-state index contributed by atoms with van der Waals surface area (Å²) in [6, 6.07) is 6.85. The molecule has 0 aliphatic heterocycles. The first-order valence-electron chi connectivity index (χ1n) is 6.86. The van der Waals surface area contributed by atoms with Crippen molar-refractivity contribution < 1.29 is 9.59 Å². The summed E-state index contributed by atoms with van der Waals surface area (Å²) in [5.74, 6) is -0.281. The van der Waals surface area contributed by atoms with Crippen LogP contribution in [0.25, 0.3) is 0 Å². The van der Waals surface area contributed by atoms with E-state index in [4.69, 9.17) is 5.73 Å². The first-order chi connectivity index (χ1) is 9.52. The van der Waals surface area contributed by atoms with Gasteiger partial charge in [0.05, 0.1) is 5.41 Å². The quantitative estimate of drug-likeness (QED) is 0.752. The van der Waals surface area contributed by atoms with Crippen LogP contribution in [0.1, 0.15) is 37.0 Å². The molecule has 0 heterocycles. The zero-order chi connectivity index (χ0) is 15.2.